The Hall–Kier alpha value is -1.49. The summed E-state index contributed by atoms with van der Waals surface area (Å²) in [6.45, 7) is 0.0564. The minimum Gasteiger partial charge on any atom is -0.388 e. The average molecular weight is 298 g/mol. The average Bonchev–Trinajstić information content (AvgIpc) is 2.42. The van der Waals surface area contributed by atoms with Gasteiger partial charge in [0, 0.05) is 23.0 Å². The molecule has 2 aromatic rings. The highest BCUT2D eigenvalue weighted by Gasteiger charge is 2.25. The first-order valence-corrected chi connectivity index (χ1v) is 6.50. The Balaban J connectivity index is 2.39. The van der Waals surface area contributed by atoms with Crippen molar-refractivity contribution in [1.29, 1.82) is 0 Å². The summed E-state index contributed by atoms with van der Waals surface area (Å²) >= 11 is 5.97. The Bertz CT molecular complexity index is 606. The van der Waals surface area contributed by atoms with Crippen LogP contribution >= 0.6 is 11.6 Å². The largest absolute Gasteiger partial charge is 0.388 e. The maximum Gasteiger partial charge on any atom is 0.129 e. The molecule has 5 heteroatoms. The van der Waals surface area contributed by atoms with Crippen molar-refractivity contribution in [3.63, 3.8) is 0 Å². The third-order valence-electron chi connectivity index (χ3n) is 3.22. The molecule has 0 aliphatic rings. The smallest absolute Gasteiger partial charge is 0.129 e. The molecule has 2 rings (SSSR count). The second-order valence-electron chi connectivity index (χ2n) is 4.47. The van der Waals surface area contributed by atoms with E-state index in [1.807, 2.05) is 0 Å². The first-order chi connectivity index (χ1) is 9.54. The van der Waals surface area contributed by atoms with Crippen molar-refractivity contribution in [2.24, 2.45) is 5.73 Å². The van der Waals surface area contributed by atoms with Crippen molar-refractivity contribution in [2.45, 2.75) is 12.0 Å². The van der Waals surface area contributed by atoms with Crippen molar-refractivity contribution < 1.29 is 13.9 Å². The van der Waals surface area contributed by atoms with Gasteiger partial charge in [0.1, 0.15) is 11.6 Å². The van der Waals surface area contributed by atoms with Crippen LogP contribution in [0.1, 0.15) is 23.1 Å². The molecule has 3 N–H and O–H groups in total. The third-order valence-corrected chi connectivity index (χ3v) is 3.55. The lowest BCUT2D eigenvalue weighted by molar-refractivity contribution is 0.143. The van der Waals surface area contributed by atoms with Crippen LogP contribution in [0.4, 0.5) is 8.78 Å². The fourth-order valence-corrected chi connectivity index (χ4v) is 2.47. The van der Waals surface area contributed by atoms with E-state index in [9.17, 15) is 13.9 Å². The van der Waals surface area contributed by atoms with Gasteiger partial charge < -0.3 is 10.8 Å². The number of hydrogen-bond acceptors (Lipinski definition) is 2. The first-order valence-electron chi connectivity index (χ1n) is 6.12. The molecule has 0 spiro atoms. The van der Waals surface area contributed by atoms with Gasteiger partial charge in [0.15, 0.2) is 0 Å². The minimum absolute atomic E-state index is 0.0564. The first kappa shape index (κ1) is 14.9. The number of halogens is 3. The summed E-state index contributed by atoms with van der Waals surface area (Å²) in [5, 5.41) is 10.5. The van der Waals surface area contributed by atoms with E-state index < -0.39 is 23.7 Å². The summed E-state index contributed by atoms with van der Waals surface area (Å²) in [7, 11) is 0. The van der Waals surface area contributed by atoms with Crippen molar-refractivity contribution in [2.75, 3.05) is 6.54 Å². The normalized spacial score (nSPS) is 14.1. The number of benzene rings is 2. The molecular weight excluding hydrogens is 284 g/mol. The number of aliphatic hydroxyl groups excluding tert-OH is 1. The molecule has 0 aromatic heterocycles. The molecule has 2 atom stereocenters. The molecule has 2 unspecified atom stereocenters. The molecule has 0 fully saturated rings. The number of hydrogen-bond donors (Lipinski definition) is 2. The minimum atomic E-state index is -1.15. The summed E-state index contributed by atoms with van der Waals surface area (Å²) < 4.78 is 26.8. The number of rotatable bonds is 4. The van der Waals surface area contributed by atoms with Crippen LogP contribution in [0.2, 0.25) is 5.02 Å². The van der Waals surface area contributed by atoms with Gasteiger partial charge >= 0.3 is 0 Å². The van der Waals surface area contributed by atoms with Crippen molar-refractivity contribution in [1.82, 2.24) is 0 Å². The van der Waals surface area contributed by atoms with E-state index in [2.05, 4.69) is 0 Å². The van der Waals surface area contributed by atoms with Crippen LogP contribution in [0.5, 0.6) is 0 Å². The van der Waals surface area contributed by atoms with Gasteiger partial charge in [-0.1, -0.05) is 35.9 Å². The van der Waals surface area contributed by atoms with Crippen LogP contribution in [-0.2, 0) is 0 Å². The topological polar surface area (TPSA) is 46.2 Å². The van der Waals surface area contributed by atoms with E-state index >= 15 is 0 Å². The molecule has 0 saturated carbocycles. The highest BCUT2D eigenvalue weighted by atomic mass is 35.5. The Kier molecular flexibility index (Phi) is 4.70. The van der Waals surface area contributed by atoms with Gasteiger partial charge in [-0.3, -0.25) is 0 Å². The molecule has 0 saturated heterocycles. The number of aliphatic hydroxyl groups is 1. The fourth-order valence-electron chi connectivity index (χ4n) is 2.16. The highest BCUT2D eigenvalue weighted by Crippen LogP contribution is 2.35. The summed E-state index contributed by atoms with van der Waals surface area (Å²) in [4.78, 5) is 0. The molecule has 20 heavy (non-hydrogen) atoms. The standard InChI is InChI=1S/C15H14ClF2NO/c16-13-7-9(17)5-6-10(13)12(8-19)15(20)11-3-1-2-4-14(11)18/h1-7,12,15,20H,8,19H2. The van der Waals surface area contributed by atoms with Crippen LogP contribution in [0.15, 0.2) is 42.5 Å². The van der Waals surface area contributed by atoms with Gasteiger partial charge in [-0.25, -0.2) is 8.78 Å². The summed E-state index contributed by atoms with van der Waals surface area (Å²) in [6, 6.07) is 9.75. The van der Waals surface area contributed by atoms with Crippen molar-refractivity contribution in [3.8, 4) is 0 Å². The van der Waals surface area contributed by atoms with Crippen LogP contribution < -0.4 is 5.73 Å². The van der Waals surface area contributed by atoms with Gasteiger partial charge in [-0.05, 0) is 23.8 Å². The Morgan fingerprint density at radius 3 is 2.40 bits per heavy atom. The number of nitrogens with two attached hydrogens (primary N) is 1. The maximum absolute atomic E-state index is 13.7. The Morgan fingerprint density at radius 2 is 1.80 bits per heavy atom. The molecule has 0 radical (unpaired) electrons. The molecule has 2 nitrogen and oxygen atoms in total. The van der Waals surface area contributed by atoms with Crippen LogP contribution in [0, 0.1) is 11.6 Å². The van der Waals surface area contributed by atoms with E-state index in [0.29, 0.717) is 5.56 Å². The Morgan fingerprint density at radius 1 is 1.10 bits per heavy atom. The SMILES string of the molecule is NCC(c1ccc(F)cc1Cl)C(O)c1ccccc1F. The molecule has 0 bridgehead atoms. The zero-order chi connectivity index (χ0) is 14.7. The van der Waals surface area contributed by atoms with Gasteiger partial charge in [0.25, 0.3) is 0 Å². The predicted octanol–water partition coefficient (Wildman–Crippen LogP) is 3.39. The van der Waals surface area contributed by atoms with Crippen molar-refractivity contribution in [3.05, 3.63) is 70.2 Å². The lowest BCUT2D eigenvalue weighted by Crippen LogP contribution is -2.21. The van der Waals surface area contributed by atoms with Gasteiger partial charge in [0.05, 0.1) is 6.10 Å². The van der Waals surface area contributed by atoms with Gasteiger partial charge in [-0.15, -0.1) is 0 Å². The Labute approximate surface area is 120 Å². The molecular formula is C15H14ClF2NO. The zero-order valence-electron chi connectivity index (χ0n) is 10.6. The lowest BCUT2D eigenvalue weighted by atomic mass is 9.89. The van der Waals surface area contributed by atoms with Gasteiger partial charge in [-0.2, -0.15) is 0 Å². The lowest BCUT2D eigenvalue weighted by Gasteiger charge is -2.23. The highest BCUT2D eigenvalue weighted by molar-refractivity contribution is 6.31. The van der Waals surface area contributed by atoms with Crippen LogP contribution in [0.3, 0.4) is 0 Å². The van der Waals surface area contributed by atoms with Crippen molar-refractivity contribution >= 4 is 11.6 Å². The van der Waals surface area contributed by atoms with Gasteiger partial charge in [0.2, 0.25) is 0 Å². The molecule has 106 valence electrons. The van der Waals surface area contributed by atoms with Crippen LogP contribution in [-0.4, -0.2) is 11.7 Å². The molecule has 2 aromatic carbocycles. The third kappa shape index (κ3) is 2.98. The maximum atomic E-state index is 13.7. The summed E-state index contributed by atoms with van der Waals surface area (Å²) in [6.07, 6.45) is -1.15. The van der Waals surface area contributed by atoms with E-state index in [-0.39, 0.29) is 17.1 Å². The second-order valence-corrected chi connectivity index (χ2v) is 4.88. The summed E-state index contributed by atoms with van der Waals surface area (Å²) in [5.74, 6) is -1.61. The van der Waals surface area contributed by atoms with Crippen LogP contribution in [0.25, 0.3) is 0 Å². The summed E-state index contributed by atoms with van der Waals surface area (Å²) in [5.41, 5.74) is 6.30. The second kappa shape index (κ2) is 6.31. The fraction of sp³-hybridized carbons (Fsp3) is 0.200. The predicted molar refractivity (Wildman–Crippen MR) is 74.6 cm³/mol. The zero-order valence-corrected chi connectivity index (χ0v) is 11.3. The molecule has 0 aliphatic heterocycles. The monoisotopic (exact) mass is 297 g/mol. The van der Waals surface area contributed by atoms with E-state index in [0.717, 1.165) is 6.07 Å². The van der Waals surface area contributed by atoms with E-state index in [4.69, 9.17) is 17.3 Å². The molecule has 0 amide bonds. The quantitative estimate of drug-likeness (QED) is 0.908. The molecule has 0 aliphatic carbocycles. The van der Waals surface area contributed by atoms with E-state index in [1.54, 1.807) is 6.07 Å². The van der Waals surface area contributed by atoms with E-state index in [1.165, 1.54) is 30.3 Å². The molecule has 0 heterocycles.